The molecule has 1 aromatic carbocycles. The second-order valence-corrected chi connectivity index (χ2v) is 4.63. The number of likely N-dealkylation sites (tertiary alicyclic amines) is 1. The fraction of sp³-hybridized carbons (Fsp3) is 0.400. The van der Waals surface area contributed by atoms with E-state index in [0.29, 0.717) is 0 Å². The number of hydrogen-bond acceptors (Lipinski definition) is 2. The van der Waals surface area contributed by atoms with E-state index in [1.54, 1.807) is 0 Å². The van der Waals surface area contributed by atoms with E-state index in [4.69, 9.17) is 0 Å². The first-order valence-corrected chi connectivity index (χ1v) is 5.06. The summed E-state index contributed by atoms with van der Waals surface area (Å²) in [6, 6.07) is 7.87. The summed E-state index contributed by atoms with van der Waals surface area (Å²) < 4.78 is 1.05. The third kappa shape index (κ3) is 1.64. The summed E-state index contributed by atoms with van der Waals surface area (Å²) >= 11 is 3.37. The highest BCUT2D eigenvalue weighted by atomic mass is 79.9. The summed E-state index contributed by atoms with van der Waals surface area (Å²) in [5, 5.41) is 10.1. The average Bonchev–Trinajstić information content (AvgIpc) is 2.03. The Hall–Kier alpha value is -0.380. The first-order valence-electron chi connectivity index (χ1n) is 4.27. The first-order chi connectivity index (χ1) is 6.10. The molecule has 0 saturated carbocycles. The minimum atomic E-state index is -0.616. The molecule has 1 aliphatic rings. The molecule has 0 spiro atoms. The molecule has 1 N–H and O–H groups in total. The number of nitrogens with zero attached hydrogens (tertiary/aromatic N) is 1. The molecule has 1 aliphatic heterocycles. The number of hydrogen-bond donors (Lipinski definition) is 1. The summed E-state index contributed by atoms with van der Waals surface area (Å²) in [6.45, 7) is 1.46. The maximum absolute atomic E-state index is 10.1. The Kier molecular flexibility index (Phi) is 2.18. The Bertz CT molecular complexity index is 303. The minimum absolute atomic E-state index is 0.616. The van der Waals surface area contributed by atoms with Crippen LogP contribution in [0.1, 0.15) is 5.56 Å². The Labute approximate surface area is 86.3 Å². The van der Waals surface area contributed by atoms with E-state index in [9.17, 15) is 5.11 Å². The summed E-state index contributed by atoms with van der Waals surface area (Å²) in [5.41, 5.74) is 0.393. The van der Waals surface area contributed by atoms with Crippen LogP contribution in [0.2, 0.25) is 0 Å². The normalized spacial score (nSPS) is 21.2. The summed E-state index contributed by atoms with van der Waals surface area (Å²) in [6.07, 6.45) is 0. The molecule has 0 aliphatic carbocycles. The van der Waals surface area contributed by atoms with Gasteiger partial charge in [-0.2, -0.15) is 0 Å². The van der Waals surface area contributed by atoms with E-state index in [-0.39, 0.29) is 0 Å². The lowest BCUT2D eigenvalue weighted by atomic mass is 9.87. The van der Waals surface area contributed by atoms with Crippen LogP contribution in [0.15, 0.2) is 28.7 Å². The number of aliphatic hydroxyl groups is 1. The van der Waals surface area contributed by atoms with Crippen LogP contribution >= 0.6 is 15.9 Å². The Morgan fingerprint density at radius 2 is 1.85 bits per heavy atom. The summed E-state index contributed by atoms with van der Waals surface area (Å²) in [7, 11) is 2.01. The molecule has 0 bridgehead atoms. The molecule has 0 aromatic heterocycles. The summed E-state index contributed by atoms with van der Waals surface area (Å²) in [4.78, 5) is 2.10. The van der Waals surface area contributed by atoms with Crippen LogP contribution < -0.4 is 0 Å². The monoisotopic (exact) mass is 241 g/mol. The van der Waals surface area contributed by atoms with E-state index >= 15 is 0 Å². The van der Waals surface area contributed by atoms with Crippen LogP contribution in [0.3, 0.4) is 0 Å². The van der Waals surface area contributed by atoms with E-state index in [0.717, 1.165) is 23.1 Å². The molecule has 1 aromatic rings. The lowest BCUT2D eigenvalue weighted by Crippen LogP contribution is -2.57. The fourth-order valence-corrected chi connectivity index (χ4v) is 2.05. The second kappa shape index (κ2) is 3.08. The highest BCUT2D eigenvalue weighted by Gasteiger charge is 2.40. The van der Waals surface area contributed by atoms with Crippen molar-refractivity contribution in [3.63, 3.8) is 0 Å². The topological polar surface area (TPSA) is 23.5 Å². The van der Waals surface area contributed by atoms with Gasteiger partial charge in [-0.1, -0.05) is 28.1 Å². The van der Waals surface area contributed by atoms with Crippen LogP contribution in [0.25, 0.3) is 0 Å². The minimum Gasteiger partial charge on any atom is -0.382 e. The molecule has 0 radical (unpaired) electrons. The van der Waals surface area contributed by atoms with Crippen LogP contribution in [0, 0.1) is 0 Å². The SMILES string of the molecule is CN1CC(O)(c2ccc(Br)cc2)C1. The van der Waals surface area contributed by atoms with Crippen LogP contribution in [-0.2, 0) is 5.60 Å². The van der Waals surface area contributed by atoms with E-state index < -0.39 is 5.60 Å². The van der Waals surface area contributed by atoms with Gasteiger partial charge in [-0.15, -0.1) is 0 Å². The predicted molar refractivity (Wildman–Crippen MR) is 55.5 cm³/mol. The zero-order valence-electron chi connectivity index (χ0n) is 7.50. The molecule has 1 fully saturated rings. The predicted octanol–water partition coefficient (Wildman–Crippen LogP) is 1.58. The maximum Gasteiger partial charge on any atom is 0.115 e. The lowest BCUT2D eigenvalue weighted by molar-refractivity contribution is -0.0918. The van der Waals surface area contributed by atoms with Crippen LogP contribution in [0.5, 0.6) is 0 Å². The van der Waals surface area contributed by atoms with Crippen LogP contribution in [-0.4, -0.2) is 30.1 Å². The van der Waals surface area contributed by atoms with Gasteiger partial charge in [0, 0.05) is 17.6 Å². The molecule has 1 saturated heterocycles. The standard InChI is InChI=1S/C10H12BrNO/c1-12-6-10(13,7-12)8-2-4-9(11)5-3-8/h2-5,13H,6-7H2,1H3. The molecule has 13 heavy (non-hydrogen) atoms. The number of β-amino-alcohol motifs (C(OH)–C–C–N with tert-alkyl or cyclic N) is 1. The number of benzene rings is 1. The molecule has 2 nitrogen and oxygen atoms in total. The van der Waals surface area contributed by atoms with Crippen molar-refractivity contribution in [1.29, 1.82) is 0 Å². The summed E-state index contributed by atoms with van der Waals surface area (Å²) in [5.74, 6) is 0. The Morgan fingerprint density at radius 1 is 1.31 bits per heavy atom. The third-order valence-corrected chi connectivity index (χ3v) is 2.97. The zero-order chi connectivity index (χ0) is 9.47. The van der Waals surface area contributed by atoms with E-state index in [2.05, 4.69) is 20.8 Å². The van der Waals surface area contributed by atoms with Crippen molar-refractivity contribution in [3.8, 4) is 0 Å². The molecule has 1 heterocycles. The van der Waals surface area contributed by atoms with Crippen LogP contribution in [0.4, 0.5) is 0 Å². The van der Waals surface area contributed by atoms with Gasteiger partial charge in [-0.05, 0) is 24.7 Å². The molecular weight excluding hydrogens is 230 g/mol. The van der Waals surface area contributed by atoms with E-state index in [1.807, 2.05) is 31.3 Å². The zero-order valence-corrected chi connectivity index (χ0v) is 9.08. The van der Waals surface area contributed by atoms with Gasteiger partial charge in [0.15, 0.2) is 0 Å². The van der Waals surface area contributed by atoms with Crippen molar-refractivity contribution < 1.29 is 5.11 Å². The molecule has 70 valence electrons. The molecular formula is C10H12BrNO. The second-order valence-electron chi connectivity index (χ2n) is 3.71. The Morgan fingerprint density at radius 3 is 2.31 bits per heavy atom. The number of rotatable bonds is 1. The van der Waals surface area contributed by atoms with E-state index in [1.165, 1.54) is 0 Å². The smallest absolute Gasteiger partial charge is 0.115 e. The maximum atomic E-state index is 10.1. The van der Waals surface area contributed by atoms with Crippen molar-refractivity contribution in [2.45, 2.75) is 5.60 Å². The van der Waals surface area contributed by atoms with Gasteiger partial charge in [0.25, 0.3) is 0 Å². The number of likely N-dealkylation sites (N-methyl/N-ethyl adjacent to an activating group) is 1. The quantitative estimate of drug-likeness (QED) is 0.808. The van der Waals surface area contributed by atoms with Crippen molar-refractivity contribution >= 4 is 15.9 Å². The van der Waals surface area contributed by atoms with Gasteiger partial charge in [0.1, 0.15) is 5.60 Å². The largest absolute Gasteiger partial charge is 0.382 e. The first kappa shape index (κ1) is 9.19. The van der Waals surface area contributed by atoms with Crippen molar-refractivity contribution in [3.05, 3.63) is 34.3 Å². The third-order valence-electron chi connectivity index (χ3n) is 2.44. The average molecular weight is 242 g/mol. The van der Waals surface area contributed by atoms with Gasteiger partial charge < -0.3 is 5.11 Å². The van der Waals surface area contributed by atoms with Crippen molar-refractivity contribution in [2.75, 3.05) is 20.1 Å². The van der Waals surface area contributed by atoms with Gasteiger partial charge in [-0.3, -0.25) is 4.90 Å². The highest BCUT2D eigenvalue weighted by Crippen LogP contribution is 2.31. The highest BCUT2D eigenvalue weighted by molar-refractivity contribution is 9.10. The van der Waals surface area contributed by atoms with Crippen molar-refractivity contribution in [1.82, 2.24) is 4.90 Å². The molecule has 0 atom stereocenters. The molecule has 2 rings (SSSR count). The fourth-order valence-electron chi connectivity index (χ4n) is 1.79. The van der Waals surface area contributed by atoms with Crippen molar-refractivity contribution in [2.24, 2.45) is 0 Å². The molecule has 0 amide bonds. The van der Waals surface area contributed by atoms with Gasteiger partial charge >= 0.3 is 0 Å². The van der Waals surface area contributed by atoms with Gasteiger partial charge in [-0.25, -0.2) is 0 Å². The number of halogens is 1. The Balaban J connectivity index is 2.22. The molecule has 0 unspecified atom stereocenters. The molecule has 3 heteroatoms. The van der Waals surface area contributed by atoms with Gasteiger partial charge in [0.2, 0.25) is 0 Å². The lowest BCUT2D eigenvalue weighted by Gasteiger charge is -2.44. The van der Waals surface area contributed by atoms with Gasteiger partial charge in [0.05, 0.1) is 0 Å².